The summed E-state index contributed by atoms with van der Waals surface area (Å²) in [5.41, 5.74) is 2.70. The first kappa shape index (κ1) is 22.5. The summed E-state index contributed by atoms with van der Waals surface area (Å²) in [5.74, 6) is -0.0825. The van der Waals surface area contributed by atoms with Crippen LogP contribution in [0.25, 0.3) is 0 Å². The Morgan fingerprint density at radius 3 is 2.43 bits per heavy atom. The lowest BCUT2D eigenvalue weighted by molar-refractivity contribution is 0.0994. The fraction of sp³-hybridized carbons (Fsp3) is 0.211. The molecule has 158 valence electrons. The molecule has 2 aromatic carbocycles. The van der Waals surface area contributed by atoms with E-state index in [0.29, 0.717) is 25.7 Å². The van der Waals surface area contributed by atoms with Crippen LogP contribution in [-0.4, -0.2) is 35.9 Å². The first-order valence-electron chi connectivity index (χ1n) is 8.76. The van der Waals surface area contributed by atoms with E-state index in [-0.39, 0.29) is 11.0 Å². The van der Waals surface area contributed by atoms with E-state index in [4.69, 9.17) is 11.6 Å². The lowest BCUT2D eigenvalue weighted by Crippen LogP contribution is -2.14. The summed E-state index contributed by atoms with van der Waals surface area (Å²) in [7, 11) is -3.36. The van der Waals surface area contributed by atoms with Gasteiger partial charge in [-0.25, -0.2) is 8.42 Å². The summed E-state index contributed by atoms with van der Waals surface area (Å²) in [6, 6.07) is 12.0. The second-order valence-electron chi connectivity index (χ2n) is 6.54. The van der Waals surface area contributed by atoms with Gasteiger partial charge in [0.1, 0.15) is 0 Å². The third kappa shape index (κ3) is 6.18. The molecule has 1 atom stereocenters. The predicted molar refractivity (Wildman–Crippen MR) is 124 cm³/mol. The van der Waals surface area contributed by atoms with Crippen LogP contribution < -0.4 is 10.0 Å². The number of benzene rings is 2. The van der Waals surface area contributed by atoms with Crippen LogP contribution in [0.1, 0.15) is 22.8 Å². The number of thioether (sulfide) groups is 1. The summed E-state index contributed by atoms with van der Waals surface area (Å²) in [5, 5.41) is 12.3. The second kappa shape index (κ2) is 9.34. The Kier molecular flexibility index (Phi) is 7.02. The number of carbonyl (C=O) groups excluding carboxylic acids is 1. The average molecular weight is 483 g/mol. The molecule has 11 heteroatoms. The smallest absolute Gasteiger partial charge is 0.229 e. The number of halogens is 1. The molecule has 0 spiro atoms. The predicted octanol–water partition coefficient (Wildman–Crippen LogP) is 4.98. The molecule has 3 rings (SSSR count). The van der Waals surface area contributed by atoms with Crippen LogP contribution in [0.4, 0.5) is 16.5 Å². The zero-order valence-electron chi connectivity index (χ0n) is 16.3. The van der Waals surface area contributed by atoms with Crippen molar-refractivity contribution in [3.05, 3.63) is 58.6 Å². The van der Waals surface area contributed by atoms with Crippen LogP contribution in [-0.2, 0) is 10.0 Å². The van der Waals surface area contributed by atoms with Crippen molar-refractivity contribution in [3.63, 3.8) is 0 Å². The van der Waals surface area contributed by atoms with Crippen LogP contribution in [0, 0.1) is 6.92 Å². The molecule has 2 N–H and O–H groups in total. The van der Waals surface area contributed by atoms with E-state index in [2.05, 4.69) is 20.2 Å². The van der Waals surface area contributed by atoms with Gasteiger partial charge in [0.05, 0.1) is 11.5 Å². The molecule has 1 heterocycles. The minimum atomic E-state index is -3.36. The fourth-order valence-electron chi connectivity index (χ4n) is 2.46. The van der Waals surface area contributed by atoms with Gasteiger partial charge in [-0.3, -0.25) is 9.52 Å². The van der Waals surface area contributed by atoms with Crippen LogP contribution >= 0.6 is 34.7 Å². The van der Waals surface area contributed by atoms with Crippen molar-refractivity contribution in [1.29, 1.82) is 0 Å². The maximum Gasteiger partial charge on any atom is 0.229 e. The molecule has 0 amide bonds. The summed E-state index contributed by atoms with van der Waals surface area (Å²) in [6.07, 6.45) is 1.07. The summed E-state index contributed by atoms with van der Waals surface area (Å²) < 4.78 is 25.6. The monoisotopic (exact) mass is 482 g/mol. The maximum atomic E-state index is 12.7. The fourth-order valence-corrected chi connectivity index (χ4v) is 5.20. The molecule has 0 aliphatic rings. The number of carbonyl (C=O) groups is 1. The van der Waals surface area contributed by atoms with Crippen molar-refractivity contribution in [2.75, 3.05) is 16.3 Å². The molecule has 0 saturated carbocycles. The van der Waals surface area contributed by atoms with Gasteiger partial charge in [-0.15, -0.1) is 10.2 Å². The molecule has 7 nitrogen and oxygen atoms in total. The van der Waals surface area contributed by atoms with Gasteiger partial charge in [0.2, 0.25) is 15.2 Å². The Balaban J connectivity index is 1.62. The van der Waals surface area contributed by atoms with Gasteiger partial charge in [0.15, 0.2) is 10.1 Å². The summed E-state index contributed by atoms with van der Waals surface area (Å²) >= 11 is 8.80. The second-order valence-corrected chi connectivity index (χ2v) is 11.3. The van der Waals surface area contributed by atoms with Gasteiger partial charge in [-0.2, -0.15) is 0 Å². The SMILES string of the molecule is Cc1ccc(Nc2nnc(SC(C)C(=O)c3ccc(NS(C)(=O)=O)cc3)s2)cc1Cl. The van der Waals surface area contributed by atoms with Crippen LogP contribution in [0.15, 0.2) is 46.8 Å². The van der Waals surface area contributed by atoms with Crippen molar-refractivity contribution in [3.8, 4) is 0 Å². The zero-order chi connectivity index (χ0) is 21.9. The number of nitrogens with zero attached hydrogens (tertiary/aromatic N) is 2. The number of Topliss-reactive ketones (excluding diaryl/α,β-unsaturated/α-hetero) is 1. The van der Waals surface area contributed by atoms with Gasteiger partial charge in [0.25, 0.3) is 0 Å². The Labute approximate surface area is 188 Å². The molecule has 3 aromatic rings. The highest BCUT2D eigenvalue weighted by Gasteiger charge is 2.19. The topological polar surface area (TPSA) is 101 Å². The Morgan fingerprint density at radius 1 is 1.13 bits per heavy atom. The number of aromatic nitrogens is 2. The van der Waals surface area contributed by atoms with Crippen molar-refractivity contribution >= 4 is 67.0 Å². The third-order valence-corrected chi connectivity index (χ3v) is 6.99. The van der Waals surface area contributed by atoms with E-state index in [1.807, 2.05) is 25.1 Å². The number of sulfonamides is 1. The van der Waals surface area contributed by atoms with E-state index in [1.54, 1.807) is 31.2 Å². The molecule has 0 radical (unpaired) electrons. The highest BCUT2D eigenvalue weighted by Crippen LogP contribution is 2.32. The van der Waals surface area contributed by atoms with E-state index in [0.717, 1.165) is 17.5 Å². The number of nitrogens with one attached hydrogen (secondary N) is 2. The lowest BCUT2D eigenvalue weighted by Gasteiger charge is -2.09. The molecular formula is C19H19ClN4O3S3. The lowest BCUT2D eigenvalue weighted by atomic mass is 10.1. The normalized spacial score (nSPS) is 12.4. The highest BCUT2D eigenvalue weighted by atomic mass is 35.5. The molecule has 1 aromatic heterocycles. The third-order valence-electron chi connectivity index (χ3n) is 3.95. The van der Waals surface area contributed by atoms with Crippen LogP contribution in [0.2, 0.25) is 5.02 Å². The Bertz CT molecular complexity index is 1160. The van der Waals surface area contributed by atoms with Crippen molar-refractivity contribution < 1.29 is 13.2 Å². The molecule has 1 unspecified atom stereocenters. The van der Waals surface area contributed by atoms with Gasteiger partial charge >= 0.3 is 0 Å². The molecule has 0 saturated heterocycles. The molecule has 0 fully saturated rings. The largest absolute Gasteiger partial charge is 0.330 e. The minimum Gasteiger partial charge on any atom is -0.330 e. The van der Waals surface area contributed by atoms with Gasteiger partial charge in [-0.05, 0) is 55.8 Å². The summed E-state index contributed by atoms with van der Waals surface area (Å²) in [6.45, 7) is 3.73. The van der Waals surface area contributed by atoms with Crippen molar-refractivity contribution in [2.24, 2.45) is 0 Å². The molecule has 0 aliphatic carbocycles. The highest BCUT2D eigenvalue weighted by molar-refractivity contribution is 8.02. The number of aryl methyl sites for hydroxylation is 1. The van der Waals surface area contributed by atoms with E-state index < -0.39 is 10.0 Å². The van der Waals surface area contributed by atoms with Crippen molar-refractivity contribution in [2.45, 2.75) is 23.4 Å². The van der Waals surface area contributed by atoms with Crippen molar-refractivity contribution in [1.82, 2.24) is 10.2 Å². The van der Waals surface area contributed by atoms with E-state index >= 15 is 0 Å². The van der Waals surface area contributed by atoms with Crippen LogP contribution in [0.5, 0.6) is 0 Å². The Morgan fingerprint density at radius 2 is 1.80 bits per heavy atom. The van der Waals surface area contributed by atoms with E-state index in [1.165, 1.54) is 23.1 Å². The molecule has 0 aliphatic heterocycles. The number of rotatable bonds is 8. The first-order chi connectivity index (χ1) is 14.1. The maximum absolute atomic E-state index is 12.7. The molecule has 30 heavy (non-hydrogen) atoms. The van der Waals surface area contributed by atoms with Crippen LogP contribution in [0.3, 0.4) is 0 Å². The number of anilines is 3. The quantitative estimate of drug-likeness (QED) is 0.345. The van der Waals surface area contributed by atoms with Gasteiger partial charge in [-0.1, -0.05) is 40.8 Å². The first-order valence-corrected chi connectivity index (χ1v) is 12.7. The summed E-state index contributed by atoms with van der Waals surface area (Å²) in [4.78, 5) is 12.7. The number of hydrogen-bond acceptors (Lipinski definition) is 8. The number of hydrogen-bond donors (Lipinski definition) is 2. The minimum absolute atomic E-state index is 0.0825. The number of ketones is 1. The van der Waals surface area contributed by atoms with Gasteiger partial charge < -0.3 is 5.32 Å². The molecule has 0 bridgehead atoms. The Hall–Kier alpha value is -2.14. The average Bonchev–Trinajstić information content (AvgIpc) is 3.10. The molecular weight excluding hydrogens is 464 g/mol. The van der Waals surface area contributed by atoms with Gasteiger partial charge in [0, 0.05) is 22.0 Å². The van der Waals surface area contributed by atoms with E-state index in [9.17, 15) is 13.2 Å². The zero-order valence-corrected chi connectivity index (χ0v) is 19.5. The standard InChI is InChI=1S/C19H19ClN4O3S3/c1-11-4-7-15(10-16(11)20)21-18-22-23-19(29-18)28-12(2)17(25)13-5-8-14(9-6-13)24-30(3,26)27/h4-10,12,24H,1-3H3,(H,21,22).